The molecule has 1 amide bonds. The molecule has 3 rings (SSSR count). The molecule has 6 heteroatoms. The highest BCUT2D eigenvalue weighted by molar-refractivity contribution is 9.10. The Morgan fingerprint density at radius 3 is 2.17 bits per heavy atom. The largest absolute Gasteiger partial charge is 0.417 e. The van der Waals surface area contributed by atoms with Crippen molar-refractivity contribution in [1.29, 1.82) is 0 Å². The molecule has 0 atom stereocenters. The number of rotatable bonds is 3. The molecular weight excluding hydrogens is 372 g/mol. The van der Waals surface area contributed by atoms with Gasteiger partial charge < -0.3 is 9.30 Å². The smallest absolute Gasteiger partial charge is 0.410 e. The maximum atomic E-state index is 11.9. The molecule has 2 aromatic carbocycles. The summed E-state index contributed by atoms with van der Waals surface area (Å²) in [6.07, 6.45) is 2.81. The van der Waals surface area contributed by atoms with Crippen LogP contribution in [0.1, 0.15) is 0 Å². The second-order valence-corrected chi connectivity index (χ2v) is 5.87. The van der Waals surface area contributed by atoms with Gasteiger partial charge in [-0.25, -0.2) is 4.79 Å². The van der Waals surface area contributed by atoms with Crippen molar-refractivity contribution in [2.75, 3.05) is 5.32 Å². The number of benzene rings is 2. The molecule has 5 nitrogen and oxygen atoms in total. The molecule has 0 radical (unpaired) electrons. The van der Waals surface area contributed by atoms with Crippen molar-refractivity contribution in [1.82, 2.24) is 4.57 Å². The topological polar surface area (TPSA) is 60.3 Å². The Balaban J connectivity index is 1.65. The lowest BCUT2D eigenvalue weighted by molar-refractivity contribution is 0.215. The summed E-state index contributed by atoms with van der Waals surface area (Å²) >= 11 is 3.32. The van der Waals surface area contributed by atoms with E-state index >= 15 is 0 Å². The van der Waals surface area contributed by atoms with Gasteiger partial charge in [0.15, 0.2) is 5.43 Å². The molecule has 0 saturated heterocycles. The number of hydrogen-bond donors (Lipinski definition) is 1. The average Bonchev–Trinajstić information content (AvgIpc) is 2.58. The van der Waals surface area contributed by atoms with E-state index in [1.54, 1.807) is 48.8 Å². The van der Waals surface area contributed by atoms with Crippen LogP contribution in [-0.2, 0) is 0 Å². The molecule has 0 aliphatic carbocycles. The first kappa shape index (κ1) is 16.0. The zero-order valence-corrected chi connectivity index (χ0v) is 14.1. The van der Waals surface area contributed by atoms with Gasteiger partial charge in [0.2, 0.25) is 0 Å². The summed E-state index contributed by atoms with van der Waals surface area (Å²) in [6, 6.07) is 17.1. The van der Waals surface area contributed by atoms with E-state index < -0.39 is 6.09 Å². The number of anilines is 1. The predicted octanol–water partition coefficient (Wildman–Crippen LogP) is 4.21. The van der Waals surface area contributed by atoms with Gasteiger partial charge in [-0.3, -0.25) is 10.1 Å². The highest BCUT2D eigenvalue weighted by Gasteiger charge is 2.05. The summed E-state index contributed by atoms with van der Waals surface area (Å²) in [6.45, 7) is 0. The summed E-state index contributed by atoms with van der Waals surface area (Å²) in [7, 11) is 0. The number of hydrogen-bond acceptors (Lipinski definition) is 3. The van der Waals surface area contributed by atoms with Crippen molar-refractivity contribution in [2.24, 2.45) is 0 Å². The van der Waals surface area contributed by atoms with Gasteiger partial charge in [-0.2, -0.15) is 0 Å². The Bertz CT molecular complexity index is 882. The maximum Gasteiger partial charge on any atom is 0.417 e. The lowest BCUT2D eigenvalue weighted by atomic mass is 10.2. The van der Waals surface area contributed by atoms with E-state index in [2.05, 4.69) is 21.2 Å². The first-order valence-electron chi connectivity index (χ1n) is 7.13. The normalized spacial score (nSPS) is 10.2. The maximum absolute atomic E-state index is 11.9. The highest BCUT2D eigenvalue weighted by atomic mass is 79.9. The lowest BCUT2D eigenvalue weighted by Crippen LogP contribution is -2.16. The fraction of sp³-hybridized carbons (Fsp3) is 0. The number of amides is 1. The number of carbonyl (C=O) groups excluding carboxylic acids is 1. The van der Waals surface area contributed by atoms with Crippen LogP contribution in [0.2, 0.25) is 0 Å². The Morgan fingerprint density at radius 1 is 0.917 bits per heavy atom. The van der Waals surface area contributed by atoms with Gasteiger partial charge in [0.1, 0.15) is 5.75 Å². The average molecular weight is 385 g/mol. The van der Waals surface area contributed by atoms with Crippen molar-refractivity contribution < 1.29 is 9.53 Å². The Labute approximate surface area is 146 Å². The van der Waals surface area contributed by atoms with Gasteiger partial charge in [0, 0.05) is 40.4 Å². The number of pyridine rings is 1. The second-order valence-electron chi connectivity index (χ2n) is 4.96. The molecule has 1 aromatic heterocycles. The summed E-state index contributed by atoms with van der Waals surface area (Å²) in [5.74, 6) is 0.459. The molecule has 120 valence electrons. The lowest BCUT2D eigenvalue weighted by Gasteiger charge is -2.09. The van der Waals surface area contributed by atoms with Crippen LogP contribution in [0.4, 0.5) is 10.5 Å². The van der Waals surface area contributed by atoms with Crippen molar-refractivity contribution in [2.45, 2.75) is 0 Å². The standard InChI is InChI=1S/C18H13BrN2O3/c19-13-1-7-17(8-2-13)24-18(23)20-14-3-5-15(6-4-14)21-11-9-16(22)10-12-21/h1-12H,(H,20,23). The number of aromatic nitrogens is 1. The van der Waals surface area contributed by atoms with Crippen molar-refractivity contribution >= 4 is 27.7 Å². The number of nitrogens with one attached hydrogen (secondary N) is 1. The Kier molecular flexibility index (Phi) is 4.77. The van der Waals surface area contributed by atoms with Gasteiger partial charge in [0.25, 0.3) is 0 Å². The number of nitrogens with zero attached hydrogens (tertiary/aromatic N) is 1. The number of halogens is 1. The molecular formula is C18H13BrN2O3. The highest BCUT2D eigenvalue weighted by Crippen LogP contribution is 2.17. The summed E-state index contributed by atoms with van der Waals surface area (Å²) in [5, 5.41) is 2.66. The van der Waals surface area contributed by atoms with E-state index in [0.717, 1.165) is 10.2 Å². The van der Waals surface area contributed by atoms with E-state index in [1.165, 1.54) is 12.1 Å². The first-order valence-corrected chi connectivity index (χ1v) is 7.93. The molecule has 0 fully saturated rings. The second kappa shape index (κ2) is 7.14. The molecule has 0 saturated carbocycles. The van der Waals surface area contributed by atoms with Gasteiger partial charge in [-0.15, -0.1) is 0 Å². The van der Waals surface area contributed by atoms with Gasteiger partial charge in [0.05, 0.1) is 0 Å². The molecule has 0 unspecified atom stereocenters. The molecule has 3 aromatic rings. The third-order valence-corrected chi connectivity index (χ3v) is 3.76. The quantitative estimate of drug-likeness (QED) is 0.735. The van der Waals surface area contributed by atoms with E-state index in [0.29, 0.717) is 11.4 Å². The molecule has 1 heterocycles. The third kappa shape index (κ3) is 4.11. The van der Waals surface area contributed by atoms with Crippen LogP contribution >= 0.6 is 15.9 Å². The zero-order valence-electron chi connectivity index (χ0n) is 12.5. The van der Waals surface area contributed by atoms with Crippen LogP contribution in [-0.4, -0.2) is 10.7 Å². The predicted molar refractivity (Wildman–Crippen MR) is 95.8 cm³/mol. The van der Waals surface area contributed by atoms with Crippen LogP contribution in [0, 0.1) is 0 Å². The Hall–Kier alpha value is -2.86. The SMILES string of the molecule is O=C(Nc1ccc(-n2ccc(=O)cc2)cc1)Oc1ccc(Br)cc1. The van der Waals surface area contributed by atoms with Crippen LogP contribution in [0.15, 0.2) is 82.3 Å². The number of ether oxygens (including phenoxy) is 1. The fourth-order valence-corrected chi connectivity index (χ4v) is 2.32. The van der Waals surface area contributed by atoms with Crippen molar-refractivity contribution in [3.63, 3.8) is 0 Å². The fourth-order valence-electron chi connectivity index (χ4n) is 2.05. The van der Waals surface area contributed by atoms with Gasteiger partial charge in [-0.05, 0) is 48.5 Å². The zero-order chi connectivity index (χ0) is 16.9. The minimum atomic E-state index is -0.562. The Morgan fingerprint density at radius 2 is 1.54 bits per heavy atom. The van der Waals surface area contributed by atoms with E-state index in [9.17, 15) is 9.59 Å². The van der Waals surface area contributed by atoms with Gasteiger partial charge >= 0.3 is 6.09 Å². The van der Waals surface area contributed by atoms with Crippen LogP contribution in [0.25, 0.3) is 5.69 Å². The minimum absolute atomic E-state index is 0.0415. The molecule has 24 heavy (non-hydrogen) atoms. The summed E-state index contributed by atoms with van der Waals surface area (Å²) in [4.78, 5) is 23.0. The minimum Gasteiger partial charge on any atom is -0.410 e. The monoisotopic (exact) mass is 384 g/mol. The van der Waals surface area contributed by atoms with Crippen LogP contribution in [0.5, 0.6) is 5.75 Å². The van der Waals surface area contributed by atoms with Gasteiger partial charge in [-0.1, -0.05) is 15.9 Å². The third-order valence-electron chi connectivity index (χ3n) is 3.23. The van der Waals surface area contributed by atoms with E-state index in [4.69, 9.17) is 4.74 Å². The molecule has 0 aliphatic rings. The molecule has 0 aliphatic heterocycles. The van der Waals surface area contributed by atoms with Crippen molar-refractivity contribution in [3.05, 3.63) is 87.8 Å². The molecule has 0 bridgehead atoms. The molecule has 1 N–H and O–H groups in total. The van der Waals surface area contributed by atoms with Crippen LogP contribution in [0.3, 0.4) is 0 Å². The van der Waals surface area contributed by atoms with Crippen molar-refractivity contribution in [3.8, 4) is 11.4 Å². The summed E-state index contributed by atoms with van der Waals surface area (Å²) in [5.41, 5.74) is 1.45. The number of carbonyl (C=O) groups is 1. The first-order chi connectivity index (χ1) is 11.6. The van der Waals surface area contributed by atoms with Crippen LogP contribution < -0.4 is 15.5 Å². The van der Waals surface area contributed by atoms with E-state index in [-0.39, 0.29) is 5.43 Å². The molecule has 0 spiro atoms. The summed E-state index contributed by atoms with van der Waals surface area (Å²) < 4.78 is 7.91. The van der Waals surface area contributed by atoms with E-state index in [1.807, 2.05) is 16.7 Å².